The van der Waals surface area contributed by atoms with Crippen LogP contribution in [-0.2, 0) is 0 Å². The highest BCUT2D eigenvalue weighted by Crippen LogP contribution is 2.27. The number of hydrogen-bond acceptors (Lipinski definition) is 4. The fraction of sp³-hybridized carbons (Fsp3) is 0.400. The quantitative estimate of drug-likeness (QED) is 0.746. The molecular weight excluding hydrogens is 192 g/mol. The molecule has 0 saturated carbocycles. The van der Waals surface area contributed by atoms with Crippen LogP contribution in [-0.4, -0.2) is 21.6 Å². The van der Waals surface area contributed by atoms with Gasteiger partial charge in [0.05, 0.1) is 12.3 Å². The Labute approximate surface area is 88.0 Å². The minimum absolute atomic E-state index is 0.349. The first-order chi connectivity index (χ1) is 7.31. The van der Waals surface area contributed by atoms with Gasteiger partial charge in [0.25, 0.3) is 0 Å². The Hall–Kier alpha value is -1.78. The maximum Gasteiger partial charge on any atom is 0.245 e. The first-order valence-corrected chi connectivity index (χ1v) is 5.04. The van der Waals surface area contributed by atoms with E-state index in [0.717, 1.165) is 24.2 Å². The molecule has 0 spiro atoms. The van der Waals surface area contributed by atoms with Gasteiger partial charge in [0.2, 0.25) is 11.8 Å². The summed E-state index contributed by atoms with van der Waals surface area (Å²) >= 11 is 0. The number of fused-ring (bicyclic) bond motifs is 1. The SMILES string of the molecule is CCCCOc1nc(N)[nH]c2ccnc1-2. The molecule has 0 saturated heterocycles. The van der Waals surface area contributed by atoms with Gasteiger partial charge in [0.15, 0.2) is 0 Å². The Kier molecular flexibility index (Phi) is 2.71. The number of nitrogens with one attached hydrogen (secondary N) is 1. The molecular formula is C10H14N4O. The van der Waals surface area contributed by atoms with Gasteiger partial charge in [-0.1, -0.05) is 13.3 Å². The van der Waals surface area contributed by atoms with Gasteiger partial charge in [-0.3, -0.25) is 0 Å². The second kappa shape index (κ2) is 4.16. The topological polar surface area (TPSA) is 76.8 Å². The van der Waals surface area contributed by atoms with Gasteiger partial charge in [0, 0.05) is 6.20 Å². The second-order valence-electron chi connectivity index (χ2n) is 3.34. The molecule has 0 bridgehead atoms. The Morgan fingerprint density at radius 2 is 2.40 bits per heavy atom. The van der Waals surface area contributed by atoms with Crippen LogP contribution < -0.4 is 10.5 Å². The van der Waals surface area contributed by atoms with Crippen molar-refractivity contribution in [1.29, 1.82) is 0 Å². The van der Waals surface area contributed by atoms with E-state index in [0.29, 0.717) is 18.4 Å². The van der Waals surface area contributed by atoms with Crippen LogP contribution >= 0.6 is 0 Å². The van der Waals surface area contributed by atoms with E-state index >= 15 is 0 Å². The smallest absolute Gasteiger partial charge is 0.245 e. The maximum atomic E-state index is 5.61. The molecule has 2 aliphatic rings. The molecule has 2 heterocycles. The predicted molar refractivity (Wildman–Crippen MR) is 57.8 cm³/mol. The highest BCUT2D eigenvalue weighted by Gasteiger charge is 2.13. The molecule has 0 aromatic rings. The van der Waals surface area contributed by atoms with E-state index in [9.17, 15) is 0 Å². The lowest BCUT2D eigenvalue weighted by atomic mass is 10.3. The number of aromatic amines is 1. The molecule has 0 unspecified atom stereocenters. The molecule has 2 rings (SSSR count). The van der Waals surface area contributed by atoms with Crippen molar-refractivity contribution in [2.24, 2.45) is 0 Å². The maximum absolute atomic E-state index is 5.61. The van der Waals surface area contributed by atoms with Crippen molar-refractivity contribution in [1.82, 2.24) is 15.0 Å². The lowest BCUT2D eigenvalue weighted by Crippen LogP contribution is -2.05. The van der Waals surface area contributed by atoms with Crippen LogP contribution in [0.3, 0.4) is 0 Å². The van der Waals surface area contributed by atoms with E-state index in [2.05, 4.69) is 21.9 Å². The summed E-state index contributed by atoms with van der Waals surface area (Å²) in [5, 5.41) is 0. The average molecular weight is 206 g/mol. The lowest BCUT2D eigenvalue weighted by Gasteiger charge is -2.08. The van der Waals surface area contributed by atoms with Crippen molar-refractivity contribution < 1.29 is 4.74 Å². The van der Waals surface area contributed by atoms with Gasteiger partial charge in [-0.25, -0.2) is 4.98 Å². The Morgan fingerprint density at radius 3 is 3.20 bits per heavy atom. The van der Waals surface area contributed by atoms with Crippen LogP contribution in [0, 0.1) is 0 Å². The molecule has 0 aromatic carbocycles. The van der Waals surface area contributed by atoms with Crippen LogP contribution in [0.15, 0.2) is 12.3 Å². The van der Waals surface area contributed by atoms with Crippen molar-refractivity contribution in [2.45, 2.75) is 19.8 Å². The van der Waals surface area contributed by atoms with Crippen LogP contribution in [0.25, 0.3) is 11.4 Å². The third-order valence-corrected chi connectivity index (χ3v) is 2.12. The first-order valence-electron chi connectivity index (χ1n) is 5.04. The van der Waals surface area contributed by atoms with Gasteiger partial charge >= 0.3 is 0 Å². The summed E-state index contributed by atoms with van der Waals surface area (Å²) in [5.41, 5.74) is 7.21. The summed E-state index contributed by atoms with van der Waals surface area (Å²) in [7, 11) is 0. The number of nitrogens with zero attached hydrogens (tertiary/aromatic N) is 2. The normalized spacial score (nSPS) is 10.7. The zero-order valence-corrected chi connectivity index (χ0v) is 8.66. The number of hydrogen-bond donors (Lipinski definition) is 2. The lowest BCUT2D eigenvalue weighted by molar-refractivity contribution is 0.298. The molecule has 0 fully saturated rings. The van der Waals surface area contributed by atoms with Gasteiger partial charge in [-0.15, -0.1) is 0 Å². The van der Waals surface area contributed by atoms with Gasteiger partial charge in [-0.05, 0) is 12.5 Å². The number of rotatable bonds is 4. The van der Waals surface area contributed by atoms with Gasteiger partial charge in [-0.2, -0.15) is 4.98 Å². The molecule has 0 amide bonds. The van der Waals surface area contributed by atoms with E-state index in [-0.39, 0.29) is 0 Å². The van der Waals surface area contributed by atoms with E-state index in [4.69, 9.17) is 10.5 Å². The third-order valence-electron chi connectivity index (χ3n) is 2.12. The molecule has 0 aliphatic carbocycles. The largest absolute Gasteiger partial charge is 0.476 e. The number of unbranched alkanes of at least 4 members (excludes halogenated alkanes) is 1. The molecule has 80 valence electrons. The summed E-state index contributed by atoms with van der Waals surface area (Å²) in [6.45, 7) is 2.76. The van der Waals surface area contributed by atoms with Gasteiger partial charge in [0.1, 0.15) is 5.69 Å². The summed E-state index contributed by atoms with van der Waals surface area (Å²) in [4.78, 5) is 11.2. The highest BCUT2D eigenvalue weighted by atomic mass is 16.5. The Morgan fingerprint density at radius 1 is 1.53 bits per heavy atom. The number of aromatic nitrogens is 3. The molecule has 2 aliphatic heterocycles. The summed E-state index contributed by atoms with van der Waals surface area (Å²) in [6, 6.07) is 1.85. The van der Waals surface area contributed by atoms with E-state index in [1.807, 2.05) is 6.07 Å². The van der Waals surface area contributed by atoms with E-state index in [1.54, 1.807) is 6.20 Å². The van der Waals surface area contributed by atoms with Crippen molar-refractivity contribution in [3.05, 3.63) is 12.3 Å². The summed E-state index contributed by atoms with van der Waals surface area (Å²) in [6.07, 6.45) is 3.80. The van der Waals surface area contributed by atoms with Crippen molar-refractivity contribution in [3.63, 3.8) is 0 Å². The number of nitrogens with two attached hydrogens (primary N) is 1. The van der Waals surface area contributed by atoms with Crippen LogP contribution in [0.1, 0.15) is 19.8 Å². The van der Waals surface area contributed by atoms with E-state index < -0.39 is 0 Å². The molecule has 3 N–H and O–H groups in total. The molecule has 5 nitrogen and oxygen atoms in total. The fourth-order valence-corrected chi connectivity index (χ4v) is 1.35. The molecule has 15 heavy (non-hydrogen) atoms. The number of anilines is 1. The van der Waals surface area contributed by atoms with Gasteiger partial charge < -0.3 is 15.5 Å². The minimum Gasteiger partial charge on any atom is -0.476 e. The van der Waals surface area contributed by atoms with Crippen molar-refractivity contribution in [2.75, 3.05) is 12.3 Å². The monoisotopic (exact) mass is 206 g/mol. The first kappa shape index (κ1) is 9.76. The second-order valence-corrected chi connectivity index (χ2v) is 3.34. The van der Waals surface area contributed by atoms with Crippen molar-refractivity contribution in [3.8, 4) is 17.3 Å². The predicted octanol–water partition coefficient (Wildman–Crippen LogP) is 1.67. The summed E-state index contributed by atoms with van der Waals surface area (Å²) in [5.74, 6) is 0.863. The number of H-pyrrole nitrogens is 1. The third kappa shape index (κ3) is 2.01. The highest BCUT2D eigenvalue weighted by molar-refractivity contribution is 5.63. The molecule has 0 atom stereocenters. The van der Waals surface area contributed by atoms with Crippen LogP contribution in [0.5, 0.6) is 5.88 Å². The minimum atomic E-state index is 0.349. The van der Waals surface area contributed by atoms with Crippen LogP contribution in [0.2, 0.25) is 0 Å². The molecule has 5 heteroatoms. The standard InChI is InChI=1S/C10H14N4O/c1-2-3-6-15-9-8-7(4-5-12-8)13-10(11)14-9/h4-5H,2-3,6H2,1H3,(H3,11,13,14). The Bertz CT molecular complexity index is 412. The zero-order valence-electron chi connectivity index (χ0n) is 8.66. The van der Waals surface area contributed by atoms with Crippen molar-refractivity contribution >= 4 is 5.95 Å². The summed E-state index contributed by atoms with van der Waals surface area (Å²) < 4.78 is 5.53. The van der Waals surface area contributed by atoms with E-state index in [1.165, 1.54) is 0 Å². The van der Waals surface area contributed by atoms with Crippen LogP contribution in [0.4, 0.5) is 5.95 Å². The average Bonchev–Trinajstić information content (AvgIpc) is 2.65. The number of nitrogen functional groups attached to an aromatic ring is 1. The molecule has 0 radical (unpaired) electrons. The number of ether oxygens (including phenoxy) is 1. The Balaban J connectivity index is 2.22. The fourth-order valence-electron chi connectivity index (χ4n) is 1.35. The zero-order chi connectivity index (χ0) is 10.7. The molecule has 0 aromatic heterocycles.